The van der Waals surface area contributed by atoms with Gasteiger partial charge in [-0.15, -0.1) is 0 Å². The van der Waals surface area contributed by atoms with Crippen LogP contribution in [0.3, 0.4) is 0 Å². The van der Waals surface area contributed by atoms with Crippen molar-refractivity contribution in [3.8, 4) is 11.1 Å². The topological polar surface area (TPSA) is 9.23 Å². The molecular formula is C29H38Cl2OSiZr. The van der Waals surface area contributed by atoms with Gasteiger partial charge in [0.25, 0.3) is 0 Å². The Hall–Kier alpha value is -0.440. The molecule has 1 nitrogen and oxygen atoms in total. The summed E-state index contributed by atoms with van der Waals surface area (Å²) in [7, 11) is -1.58. The molecule has 0 spiro atoms. The quantitative estimate of drug-likeness (QED) is 0.328. The average molecular weight is 593 g/mol. The summed E-state index contributed by atoms with van der Waals surface area (Å²) in [4.78, 5) is 0. The Kier molecular flexibility index (Phi) is 12.8. The first kappa shape index (κ1) is 31.6. The van der Waals surface area contributed by atoms with Crippen molar-refractivity contribution in [1.82, 2.24) is 0 Å². The second-order valence-corrected chi connectivity index (χ2v) is 14.1. The number of hydrogen-bond donors (Lipinski definition) is 0. The molecule has 2 aliphatic rings. The van der Waals surface area contributed by atoms with Crippen molar-refractivity contribution < 1.29 is 55.4 Å². The van der Waals surface area contributed by atoms with E-state index in [1.54, 1.807) is 11.1 Å². The molecule has 1 unspecified atom stereocenters. The molecular weight excluding hydrogens is 555 g/mol. The minimum atomic E-state index is -1.58. The molecule has 0 saturated carbocycles. The first-order chi connectivity index (χ1) is 15.1. The van der Waals surface area contributed by atoms with Crippen molar-refractivity contribution in [2.45, 2.75) is 70.5 Å². The predicted octanol–water partition coefficient (Wildman–Crippen LogP) is 2.07. The molecule has 2 aliphatic carbocycles. The van der Waals surface area contributed by atoms with Crippen LogP contribution >= 0.6 is 0 Å². The molecule has 0 fully saturated rings. The molecule has 0 radical (unpaired) electrons. The molecule has 2 aromatic rings. The fourth-order valence-electron chi connectivity index (χ4n) is 6.01. The van der Waals surface area contributed by atoms with Gasteiger partial charge in [-0.05, 0) is 65.2 Å². The number of fused-ring (bicyclic) bond motifs is 3. The first-order valence-corrected chi connectivity index (χ1v) is 14.9. The molecule has 0 saturated heterocycles. The molecule has 1 atom stereocenters. The first-order valence-electron chi connectivity index (χ1n) is 12.3. The zero-order valence-electron chi connectivity index (χ0n) is 21.0. The van der Waals surface area contributed by atoms with Gasteiger partial charge in [0.2, 0.25) is 0 Å². The smallest absolute Gasteiger partial charge is 1.00 e. The largest absolute Gasteiger partial charge is 2.00 e. The van der Waals surface area contributed by atoms with E-state index in [4.69, 9.17) is 4.43 Å². The minimum Gasteiger partial charge on any atom is -1.00 e. The summed E-state index contributed by atoms with van der Waals surface area (Å²) in [5, 5.41) is 0. The van der Waals surface area contributed by atoms with Crippen LogP contribution in [0.4, 0.5) is 0 Å². The van der Waals surface area contributed by atoms with Gasteiger partial charge in [-0.3, -0.25) is 0 Å². The van der Waals surface area contributed by atoms with Crippen LogP contribution in [0, 0.1) is 5.92 Å². The zero-order chi connectivity index (χ0) is 21.9. The van der Waals surface area contributed by atoms with Crippen LogP contribution in [-0.2, 0) is 42.5 Å². The molecule has 0 amide bonds. The number of hydrogen-bond acceptors (Lipinski definition) is 1. The van der Waals surface area contributed by atoms with Crippen LogP contribution in [0.25, 0.3) is 11.1 Å². The maximum Gasteiger partial charge on any atom is 2.00 e. The summed E-state index contributed by atoms with van der Waals surface area (Å²) in [5.74, 6) is 0.442. The van der Waals surface area contributed by atoms with E-state index in [0.29, 0.717) is 5.92 Å². The second kappa shape index (κ2) is 13.8. The van der Waals surface area contributed by atoms with E-state index >= 15 is 0 Å². The summed E-state index contributed by atoms with van der Waals surface area (Å²) in [5.41, 5.74) is 7.52. The van der Waals surface area contributed by atoms with Crippen molar-refractivity contribution >= 4 is 8.32 Å². The molecule has 4 rings (SSSR count). The molecule has 0 bridgehead atoms. The van der Waals surface area contributed by atoms with Gasteiger partial charge in [-0.1, -0.05) is 94.5 Å². The van der Waals surface area contributed by atoms with Crippen LogP contribution < -0.4 is 24.8 Å². The van der Waals surface area contributed by atoms with E-state index in [1.807, 2.05) is 0 Å². The fraction of sp³-hybridized carbons (Fsp3) is 0.448. The Balaban J connectivity index is 0.00000193. The van der Waals surface area contributed by atoms with Gasteiger partial charge in [0, 0.05) is 17.9 Å². The number of benzene rings is 2. The summed E-state index contributed by atoms with van der Waals surface area (Å²) in [6.07, 6.45) is 12.6. The summed E-state index contributed by atoms with van der Waals surface area (Å²) >= 11 is 0. The molecule has 0 heterocycles. The van der Waals surface area contributed by atoms with Crippen molar-refractivity contribution in [2.24, 2.45) is 5.92 Å². The van der Waals surface area contributed by atoms with Crippen LogP contribution in [0.5, 0.6) is 0 Å². The maximum atomic E-state index is 6.79. The van der Waals surface area contributed by atoms with Crippen molar-refractivity contribution in [3.63, 3.8) is 0 Å². The molecule has 0 aliphatic heterocycles. The molecule has 34 heavy (non-hydrogen) atoms. The molecule has 0 aromatic heterocycles. The molecule has 182 valence electrons. The van der Waals surface area contributed by atoms with Gasteiger partial charge in [0.05, 0.1) is 0 Å². The third-order valence-electron chi connectivity index (χ3n) is 8.29. The van der Waals surface area contributed by atoms with Crippen LogP contribution in [0.1, 0.15) is 57.2 Å². The third kappa shape index (κ3) is 5.76. The standard InChI is InChI=1S/C29H38OSi.2ClH.Zr/c1-5-29(24-15-10-11-16-24,20-21-30-31(6-2,7-3)8-4)28-19-13-18-26-25-17-12-9-14-23(25)22-27(26)28;;;/h9-19,24H,5-8,20-22H2,1-4H3;2*1H;/q;;;+2/p-2. The van der Waals surface area contributed by atoms with Gasteiger partial charge < -0.3 is 29.2 Å². The van der Waals surface area contributed by atoms with Crippen molar-refractivity contribution in [3.05, 3.63) is 83.5 Å². The van der Waals surface area contributed by atoms with Crippen LogP contribution in [0.2, 0.25) is 18.1 Å². The second-order valence-electron chi connectivity index (χ2n) is 9.31. The Labute approximate surface area is 239 Å². The maximum absolute atomic E-state index is 6.79. The minimum absolute atomic E-state index is 0. The van der Waals surface area contributed by atoms with Crippen LogP contribution in [0.15, 0.2) is 66.8 Å². The van der Waals surface area contributed by atoms with E-state index in [1.165, 1.54) is 34.8 Å². The third-order valence-corrected chi connectivity index (χ3v) is 13.0. The Morgan fingerprint density at radius 1 is 0.853 bits per heavy atom. The van der Waals surface area contributed by atoms with Gasteiger partial charge >= 0.3 is 26.2 Å². The summed E-state index contributed by atoms with van der Waals surface area (Å²) in [6, 6.07) is 19.6. The normalized spacial score (nSPS) is 15.5. The zero-order valence-corrected chi connectivity index (χ0v) is 26.0. The summed E-state index contributed by atoms with van der Waals surface area (Å²) in [6.45, 7) is 10.2. The SMILES string of the molecule is CCC(CCO[Si](CC)(CC)CC)(c1cccc2c1Cc1ccccc1-2)C1C=CC=C1.[Cl-].[Cl-].[Zr+2]. The van der Waals surface area contributed by atoms with E-state index < -0.39 is 8.32 Å². The molecule has 2 aromatic carbocycles. The predicted molar refractivity (Wildman–Crippen MR) is 136 cm³/mol. The van der Waals surface area contributed by atoms with Crippen molar-refractivity contribution in [2.75, 3.05) is 6.61 Å². The van der Waals surface area contributed by atoms with Crippen molar-refractivity contribution in [1.29, 1.82) is 0 Å². The Bertz CT molecular complexity index is 966. The Morgan fingerprint density at radius 3 is 2.09 bits per heavy atom. The van der Waals surface area contributed by atoms with Gasteiger partial charge in [-0.25, -0.2) is 0 Å². The van der Waals surface area contributed by atoms with Gasteiger partial charge in [-0.2, -0.15) is 0 Å². The fourth-order valence-corrected chi connectivity index (χ4v) is 8.66. The summed E-state index contributed by atoms with van der Waals surface area (Å²) < 4.78 is 6.79. The van der Waals surface area contributed by atoms with E-state index in [0.717, 1.165) is 25.9 Å². The van der Waals surface area contributed by atoms with E-state index in [2.05, 4.69) is 94.5 Å². The molecule has 0 N–H and O–H groups in total. The monoisotopic (exact) mass is 590 g/mol. The van der Waals surface area contributed by atoms with Gasteiger partial charge in [0.1, 0.15) is 0 Å². The number of allylic oxidation sites excluding steroid dienone is 4. The number of halogens is 2. The van der Waals surface area contributed by atoms with Crippen LogP contribution in [-0.4, -0.2) is 14.9 Å². The van der Waals surface area contributed by atoms with E-state index in [-0.39, 0.29) is 56.4 Å². The van der Waals surface area contributed by atoms with Gasteiger partial charge in [0.15, 0.2) is 8.32 Å². The molecule has 5 heteroatoms. The Morgan fingerprint density at radius 2 is 1.47 bits per heavy atom. The average Bonchev–Trinajstić information content (AvgIpc) is 3.49. The number of rotatable bonds is 10. The van der Waals surface area contributed by atoms with E-state index in [9.17, 15) is 0 Å².